The molecule has 2 aliphatic rings. The molecule has 1 aromatic heterocycles. The van der Waals surface area contributed by atoms with Crippen LogP contribution < -0.4 is 0 Å². The molecule has 1 unspecified atom stereocenters. The van der Waals surface area contributed by atoms with Gasteiger partial charge in [0.15, 0.2) is 0 Å². The van der Waals surface area contributed by atoms with Crippen LogP contribution in [0.2, 0.25) is 0 Å². The van der Waals surface area contributed by atoms with Crippen LogP contribution >= 0.6 is 0 Å². The van der Waals surface area contributed by atoms with E-state index in [1.54, 1.807) is 12.1 Å². The van der Waals surface area contributed by atoms with Gasteiger partial charge < -0.3 is 4.90 Å². The zero-order chi connectivity index (χ0) is 18.4. The monoisotopic (exact) mass is 361 g/mol. The van der Waals surface area contributed by atoms with Gasteiger partial charge in [-0.15, -0.1) is 0 Å². The number of nitrogens with zero attached hydrogens (tertiary/aromatic N) is 2. The number of H-pyrrole nitrogens is 1. The minimum absolute atomic E-state index is 0.000839. The Morgan fingerprint density at radius 1 is 1.00 bits per heavy atom. The molecule has 1 fully saturated rings. The second kappa shape index (κ2) is 6.34. The summed E-state index contributed by atoms with van der Waals surface area (Å²) in [7, 11) is 0. The van der Waals surface area contributed by atoms with E-state index < -0.39 is 0 Å². The third-order valence-electron chi connectivity index (χ3n) is 5.76. The quantitative estimate of drug-likeness (QED) is 0.735. The predicted octanol–water partition coefficient (Wildman–Crippen LogP) is 4.70. The van der Waals surface area contributed by atoms with E-state index in [9.17, 15) is 9.18 Å². The molecule has 3 aromatic rings. The Morgan fingerprint density at radius 3 is 2.41 bits per heavy atom. The number of aromatic nitrogens is 2. The lowest BCUT2D eigenvalue weighted by atomic mass is 9.95. The Labute approximate surface area is 157 Å². The number of carbonyl (C=O) groups excluding carboxylic acids is 1. The van der Waals surface area contributed by atoms with E-state index in [-0.39, 0.29) is 23.8 Å². The van der Waals surface area contributed by atoms with Gasteiger partial charge in [-0.2, -0.15) is 5.10 Å². The zero-order valence-electron chi connectivity index (χ0n) is 14.9. The molecule has 0 radical (unpaired) electrons. The van der Waals surface area contributed by atoms with Crippen molar-refractivity contribution in [1.29, 1.82) is 0 Å². The molecule has 0 saturated heterocycles. The number of amides is 1. The molecule has 1 aliphatic heterocycles. The molecule has 1 atom stereocenters. The van der Waals surface area contributed by atoms with Crippen LogP contribution in [0.3, 0.4) is 0 Å². The fraction of sp³-hybridized carbons (Fsp3) is 0.273. The zero-order valence-corrected chi connectivity index (χ0v) is 14.9. The normalized spacial score (nSPS) is 19.7. The molecule has 0 spiro atoms. The standard InChI is InChI=1S/C22H20FN3O/c23-16-12-10-15(11-13-16)21-18-19(14-6-2-1-3-7-14)24-25-20(18)22(27)26(21)17-8-4-5-9-17/h1-3,6-7,10-13,17,21H,4-5,8-9H2,(H,24,25). The summed E-state index contributed by atoms with van der Waals surface area (Å²) in [5.41, 5.74) is 4.17. The molecule has 1 aliphatic carbocycles. The van der Waals surface area contributed by atoms with Crippen molar-refractivity contribution in [3.05, 3.63) is 77.2 Å². The predicted molar refractivity (Wildman–Crippen MR) is 101 cm³/mol. The van der Waals surface area contributed by atoms with E-state index in [0.717, 1.165) is 48.1 Å². The van der Waals surface area contributed by atoms with Gasteiger partial charge in [0.25, 0.3) is 5.91 Å². The Balaban J connectivity index is 1.68. The van der Waals surface area contributed by atoms with Gasteiger partial charge in [0.2, 0.25) is 0 Å². The number of hydrogen-bond donors (Lipinski definition) is 1. The molecule has 5 heteroatoms. The number of rotatable bonds is 3. The Morgan fingerprint density at radius 2 is 1.70 bits per heavy atom. The second-order valence-corrected chi connectivity index (χ2v) is 7.33. The average molecular weight is 361 g/mol. The van der Waals surface area contributed by atoms with Gasteiger partial charge in [-0.3, -0.25) is 9.89 Å². The lowest BCUT2D eigenvalue weighted by Gasteiger charge is -2.31. The first-order valence-corrected chi connectivity index (χ1v) is 9.46. The maximum atomic E-state index is 13.5. The summed E-state index contributed by atoms with van der Waals surface area (Å²) in [6.07, 6.45) is 4.31. The summed E-state index contributed by atoms with van der Waals surface area (Å²) in [6, 6.07) is 16.4. The van der Waals surface area contributed by atoms with Crippen LogP contribution in [0.25, 0.3) is 11.3 Å². The number of nitrogens with one attached hydrogen (secondary N) is 1. The highest BCUT2D eigenvalue weighted by atomic mass is 19.1. The fourth-order valence-corrected chi connectivity index (χ4v) is 4.51. The highest BCUT2D eigenvalue weighted by Crippen LogP contribution is 2.45. The van der Waals surface area contributed by atoms with Crippen LogP contribution in [0.4, 0.5) is 4.39 Å². The highest BCUT2D eigenvalue weighted by molar-refractivity contribution is 6.00. The van der Waals surface area contributed by atoms with Gasteiger partial charge in [-0.1, -0.05) is 55.3 Å². The smallest absolute Gasteiger partial charge is 0.273 e. The molecule has 0 bridgehead atoms. The van der Waals surface area contributed by atoms with E-state index in [1.165, 1.54) is 12.1 Å². The van der Waals surface area contributed by atoms with Crippen molar-refractivity contribution in [3.8, 4) is 11.3 Å². The summed E-state index contributed by atoms with van der Waals surface area (Å²) in [4.78, 5) is 15.3. The van der Waals surface area contributed by atoms with Gasteiger partial charge in [0.05, 0.1) is 11.7 Å². The molecular formula is C22H20FN3O. The molecule has 4 nitrogen and oxygen atoms in total. The summed E-state index contributed by atoms with van der Waals surface area (Å²) in [6.45, 7) is 0. The van der Waals surface area contributed by atoms with Crippen LogP contribution in [0.1, 0.15) is 53.3 Å². The van der Waals surface area contributed by atoms with Crippen molar-refractivity contribution < 1.29 is 9.18 Å². The topological polar surface area (TPSA) is 49.0 Å². The van der Waals surface area contributed by atoms with Gasteiger partial charge in [0, 0.05) is 17.2 Å². The Kier molecular flexibility index (Phi) is 3.81. The lowest BCUT2D eigenvalue weighted by molar-refractivity contribution is 0.0660. The van der Waals surface area contributed by atoms with Crippen molar-refractivity contribution in [2.45, 2.75) is 37.8 Å². The van der Waals surface area contributed by atoms with Crippen LogP contribution in [-0.2, 0) is 0 Å². The number of carbonyl (C=O) groups is 1. The first-order valence-electron chi connectivity index (χ1n) is 9.46. The van der Waals surface area contributed by atoms with Crippen LogP contribution in [0.15, 0.2) is 54.6 Å². The maximum Gasteiger partial charge on any atom is 0.273 e. The molecular weight excluding hydrogens is 341 g/mol. The Hall–Kier alpha value is -2.95. The number of halogens is 1. The minimum atomic E-state index is -0.272. The minimum Gasteiger partial charge on any atom is -0.323 e. The Bertz CT molecular complexity index is 975. The number of fused-ring (bicyclic) bond motifs is 1. The average Bonchev–Trinajstić information content (AvgIpc) is 3.41. The molecule has 2 aromatic carbocycles. The first kappa shape index (κ1) is 16.2. The van der Waals surface area contributed by atoms with Gasteiger partial charge in [-0.25, -0.2) is 4.39 Å². The van der Waals surface area contributed by atoms with E-state index in [4.69, 9.17) is 0 Å². The van der Waals surface area contributed by atoms with Crippen molar-refractivity contribution >= 4 is 5.91 Å². The largest absolute Gasteiger partial charge is 0.323 e. The van der Waals surface area contributed by atoms with Crippen LogP contribution in [-0.4, -0.2) is 27.0 Å². The van der Waals surface area contributed by atoms with Crippen LogP contribution in [0, 0.1) is 5.82 Å². The van der Waals surface area contributed by atoms with Gasteiger partial charge in [-0.05, 0) is 30.5 Å². The summed E-state index contributed by atoms with van der Waals surface area (Å²) >= 11 is 0. The highest BCUT2D eigenvalue weighted by Gasteiger charge is 2.45. The first-order chi connectivity index (χ1) is 13.2. The third-order valence-corrected chi connectivity index (χ3v) is 5.76. The molecule has 5 rings (SSSR count). The molecule has 2 heterocycles. The molecule has 1 saturated carbocycles. The van der Waals surface area contributed by atoms with E-state index in [1.807, 2.05) is 35.2 Å². The van der Waals surface area contributed by atoms with Gasteiger partial charge >= 0.3 is 0 Å². The summed E-state index contributed by atoms with van der Waals surface area (Å²) in [5.74, 6) is -0.271. The van der Waals surface area contributed by atoms with Gasteiger partial charge in [0.1, 0.15) is 11.5 Å². The summed E-state index contributed by atoms with van der Waals surface area (Å²) in [5, 5.41) is 7.45. The lowest BCUT2D eigenvalue weighted by Crippen LogP contribution is -2.37. The fourth-order valence-electron chi connectivity index (χ4n) is 4.51. The van der Waals surface area contributed by atoms with E-state index >= 15 is 0 Å². The second-order valence-electron chi connectivity index (χ2n) is 7.33. The maximum absolute atomic E-state index is 13.5. The van der Waals surface area contributed by atoms with Crippen molar-refractivity contribution in [2.75, 3.05) is 0 Å². The number of aromatic amines is 1. The van der Waals surface area contributed by atoms with Crippen LogP contribution in [0.5, 0.6) is 0 Å². The number of benzene rings is 2. The van der Waals surface area contributed by atoms with Crippen molar-refractivity contribution in [2.24, 2.45) is 0 Å². The van der Waals surface area contributed by atoms with Crippen molar-refractivity contribution in [3.63, 3.8) is 0 Å². The van der Waals surface area contributed by atoms with E-state index in [0.29, 0.717) is 5.69 Å². The number of hydrogen-bond acceptors (Lipinski definition) is 2. The third kappa shape index (κ3) is 2.57. The molecule has 1 N–H and O–H groups in total. The molecule has 27 heavy (non-hydrogen) atoms. The molecule has 1 amide bonds. The SMILES string of the molecule is O=C1c2[nH]nc(-c3ccccc3)c2C(c2ccc(F)cc2)N1C1CCCC1. The van der Waals surface area contributed by atoms with Crippen molar-refractivity contribution in [1.82, 2.24) is 15.1 Å². The molecule has 136 valence electrons. The summed E-state index contributed by atoms with van der Waals surface area (Å²) < 4.78 is 13.5. The van der Waals surface area contributed by atoms with E-state index in [2.05, 4.69) is 10.2 Å².